The fourth-order valence-corrected chi connectivity index (χ4v) is 2.27. The number of hydrogen-bond acceptors (Lipinski definition) is 5. The lowest BCUT2D eigenvalue weighted by atomic mass is 10.0. The second kappa shape index (κ2) is 6.26. The van der Waals surface area contributed by atoms with Crippen molar-refractivity contribution in [2.75, 3.05) is 34.2 Å². The Morgan fingerprint density at radius 1 is 0.714 bits per heavy atom. The van der Waals surface area contributed by atoms with Crippen LogP contribution in [-0.2, 0) is 0 Å². The molecule has 2 rings (SSSR count). The van der Waals surface area contributed by atoms with Crippen molar-refractivity contribution in [3.63, 3.8) is 0 Å². The molecule has 0 radical (unpaired) electrons. The lowest BCUT2D eigenvalue weighted by Gasteiger charge is -2.19. The minimum atomic E-state index is 0.470. The van der Waals surface area contributed by atoms with Crippen LogP contribution in [0.15, 0.2) is 30.3 Å². The van der Waals surface area contributed by atoms with Gasteiger partial charge in [-0.3, -0.25) is 0 Å². The fourth-order valence-electron chi connectivity index (χ4n) is 2.27. The van der Waals surface area contributed by atoms with Gasteiger partial charge in [-0.1, -0.05) is 18.2 Å². The topological polar surface area (TPSA) is 62.9 Å². The number of nitrogen functional groups attached to an aromatic ring is 1. The highest BCUT2D eigenvalue weighted by Gasteiger charge is 2.23. The molecular formula is C16H19NO4. The Labute approximate surface area is 124 Å². The summed E-state index contributed by atoms with van der Waals surface area (Å²) in [4.78, 5) is 0. The third kappa shape index (κ3) is 2.54. The van der Waals surface area contributed by atoms with Crippen molar-refractivity contribution in [3.05, 3.63) is 30.3 Å². The Hall–Kier alpha value is -2.56. The van der Waals surface area contributed by atoms with E-state index < -0.39 is 0 Å². The highest BCUT2D eigenvalue weighted by Crippen LogP contribution is 2.50. The quantitative estimate of drug-likeness (QED) is 0.857. The summed E-state index contributed by atoms with van der Waals surface area (Å²) in [6.45, 7) is 0. The molecule has 0 saturated heterocycles. The van der Waals surface area contributed by atoms with Gasteiger partial charge in [-0.05, 0) is 12.1 Å². The molecule has 0 bridgehead atoms. The zero-order valence-electron chi connectivity index (χ0n) is 12.6. The molecule has 112 valence electrons. The zero-order chi connectivity index (χ0) is 15.4. The van der Waals surface area contributed by atoms with E-state index >= 15 is 0 Å². The standard InChI is InChI=1S/C16H19NO4/c1-18-13-9-11(10-7-5-6-8-12(10)17)14(19-2)16(21-4)15(13)20-3/h5-9H,17H2,1-4H3. The molecule has 2 aromatic carbocycles. The molecule has 0 aliphatic carbocycles. The van der Waals surface area contributed by atoms with Crippen LogP contribution in [-0.4, -0.2) is 28.4 Å². The second-order valence-corrected chi connectivity index (χ2v) is 4.31. The van der Waals surface area contributed by atoms with E-state index in [-0.39, 0.29) is 0 Å². The van der Waals surface area contributed by atoms with Crippen molar-refractivity contribution in [1.82, 2.24) is 0 Å². The number of nitrogens with two attached hydrogens (primary N) is 1. The zero-order valence-corrected chi connectivity index (χ0v) is 12.6. The average molecular weight is 289 g/mol. The highest BCUT2D eigenvalue weighted by atomic mass is 16.5. The van der Waals surface area contributed by atoms with Gasteiger partial charge in [-0.25, -0.2) is 0 Å². The Bertz CT molecular complexity index is 640. The number of rotatable bonds is 5. The van der Waals surface area contributed by atoms with Crippen molar-refractivity contribution in [2.24, 2.45) is 0 Å². The van der Waals surface area contributed by atoms with Crippen LogP contribution < -0.4 is 24.7 Å². The van der Waals surface area contributed by atoms with Crippen molar-refractivity contribution in [1.29, 1.82) is 0 Å². The Morgan fingerprint density at radius 2 is 1.33 bits per heavy atom. The summed E-state index contributed by atoms with van der Waals surface area (Å²) in [5, 5.41) is 0. The molecule has 0 fully saturated rings. The van der Waals surface area contributed by atoms with Crippen molar-refractivity contribution < 1.29 is 18.9 Å². The molecule has 5 nitrogen and oxygen atoms in total. The third-order valence-electron chi connectivity index (χ3n) is 3.24. The molecule has 0 saturated carbocycles. The van der Waals surface area contributed by atoms with Gasteiger partial charge in [0.2, 0.25) is 11.5 Å². The van der Waals surface area contributed by atoms with Crippen LogP contribution in [0, 0.1) is 0 Å². The molecule has 0 aromatic heterocycles. The smallest absolute Gasteiger partial charge is 0.207 e. The Morgan fingerprint density at radius 3 is 1.86 bits per heavy atom. The third-order valence-corrected chi connectivity index (χ3v) is 3.24. The maximum Gasteiger partial charge on any atom is 0.207 e. The van der Waals surface area contributed by atoms with Gasteiger partial charge in [0.05, 0.1) is 28.4 Å². The van der Waals surface area contributed by atoms with Crippen LogP contribution in [0.3, 0.4) is 0 Å². The molecule has 0 aliphatic heterocycles. The number of benzene rings is 2. The van der Waals surface area contributed by atoms with E-state index in [2.05, 4.69) is 0 Å². The van der Waals surface area contributed by atoms with Crippen molar-refractivity contribution in [3.8, 4) is 34.1 Å². The van der Waals surface area contributed by atoms with E-state index in [1.54, 1.807) is 28.4 Å². The van der Waals surface area contributed by atoms with Gasteiger partial charge < -0.3 is 24.7 Å². The Kier molecular flexibility index (Phi) is 4.42. The maximum absolute atomic E-state index is 6.06. The number of methoxy groups -OCH3 is 4. The molecule has 0 aliphatic rings. The first-order valence-electron chi connectivity index (χ1n) is 6.39. The van der Waals surface area contributed by atoms with Crippen LogP contribution in [0.2, 0.25) is 0 Å². The van der Waals surface area contributed by atoms with Gasteiger partial charge in [-0.15, -0.1) is 0 Å². The summed E-state index contributed by atoms with van der Waals surface area (Å²) in [6.07, 6.45) is 0. The monoisotopic (exact) mass is 289 g/mol. The number of anilines is 1. The van der Waals surface area contributed by atoms with Gasteiger partial charge in [0.15, 0.2) is 11.5 Å². The molecule has 21 heavy (non-hydrogen) atoms. The summed E-state index contributed by atoms with van der Waals surface area (Å²) >= 11 is 0. The highest BCUT2D eigenvalue weighted by molar-refractivity contribution is 5.85. The first kappa shape index (κ1) is 14.8. The molecule has 2 aromatic rings. The fraction of sp³-hybridized carbons (Fsp3) is 0.250. The van der Waals surface area contributed by atoms with Gasteiger partial charge in [0, 0.05) is 16.8 Å². The van der Waals surface area contributed by atoms with Crippen molar-refractivity contribution >= 4 is 5.69 Å². The minimum Gasteiger partial charge on any atom is -0.493 e. The van der Waals surface area contributed by atoms with Gasteiger partial charge in [-0.2, -0.15) is 0 Å². The molecule has 0 heterocycles. The first-order chi connectivity index (χ1) is 10.2. The summed E-state index contributed by atoms with van der Waals surface area (Å²) in [5.74, 6) is 2.05. The molecule has 0 amide bonds. The van der Waals surface area contributed by atoms with Gasteiger partial charge in [0.1, 0.15) is 0 Å². The molecule has 5 heteroatoms. The lowest BCUT2D eigenvalue weighted by Crippen LogP contribution is -2.00. The van der Waals surface area contributed by atoms with Crippen LogP contribution in [0.1, 0.15) is 0 Å². The summed E-state index contributed by atoms with van der Waals surface area (Å²) < 4.78 is 21.7. The number of hydrogen-bond donors (Lipinski definition) is 1. The first-order valence-corrected chi connectivity index (χ1v) is 6.39. The van der Waals surface area contributed by atoms with E-state index in [4.69, 9.17) is 24.7 Å². The number of para-hydroxylation sites is 1. The predicted molar refractivity (Wildman–Crippen MR) is 82.5 cm³/mol. The molecule has 0 spiro atoms. The number of ether oxygens (including phenoxy) is 4. The summed E-state index contributed by atoms with van der Waals surface area (Å²) in [7, 11) is 6.25. The maximum atomic E-state index is 6.06. The Balaban J connectivity index is 2.80. The minimum absolute atomic E-state index is 0.470. The SMILES string of the molecule is COc1cc(-c2ccccc2N)c(OC)c(OC)c1OC. The van der Waals surface area contributed by atoms with Gasteiger partial charge in [0.25, 0.3) is 0 Å². The molecular weight excluding hydrogens is 270 g/mol. The van der Waals surface area contributed by atoms with E-state index in [1.807, 2.05) is 30.3 Å². The van der Waals surface area contributed by atoms with E-state index in [1.165, 1.54) is 0 Å². The average Bonchev–Trinajstić information content (AvgIpc) is 2.53. The van der Waals surface area contributed by atoms with E-state index in [0.29, 0.717) is 28.7 Å². The van der Waals surface area contributed by atoms with Gasteiger partial charge >= 0.3 is 0 Å². The summed E-state index contributed by atoms with van der Waals surface area (Å²) in [5.41, 5.74) is 8.33. The predicted octanol–water partition coefficient (Wildman–Crippen LogP) is 2.97. The van der Waals surface area contributed by atoms with E-state index in [0.717, 1.165) is 11.1 Å². The largest absolute Gasteiger partial charge is 0.493 e. The van der Waals surface area contributed by atoms with E-state index in [9.17, 15) is 0 Å². The molecule has 0 unspecified atom stereocenters. The normalized spacial score (nSPS) is 10.1. The van der Waals surface area contributed by atoms with Crippen molar-refractivity contribution in [2.45, 2.75) is 0 Å². The van der Waals surface area contributed by atoms with Crippen LogP contribution in [0.5, 0.6) is 23.0 Å². The van der Waals surface area contributed by atoms with Crippen LogP contribution in [0.25, 0.3) is 11.1 Å². The lowest BCUT2D eigenvalue weighted by molar-refractivity contribution is 0.306. The van der Waals surface area contributed by atoms with Crippen LogP contribution >= 0.6 is 0 Å². The van der Waals surface area contributed by atoms with Crippen LogP contribution in [0.4, 0.5) is 5.69 Å². The molecule has 0 atom stereocenters. The molecule has 2 N–H and O–H groups in total. The second-order valence-electron chi connectivity index (χ2n) is 4.31. The summed E-state index contributed by atoms with van der Waals surface area (Å²) in [6, 6.07) is 9.36.